The van der Waals surface area contributed by atoms with Crippen LogP contribution >= 0.6 is 0 Å². The predicted octanol–water partition coefficient (Wildman–Crippen LogP) is 8.87. The lowest BCUT2D eigenvalue weighted by atomic mass is 9.91. The third kappa shape index (κ3) is 4.73. The van der Waals surface area contributed by atoms with Crippen LogP contribution in [-0.4, -0.2) is 4.98 Å². The number of anilines is 1. The van der Waals surface area contributed by atoms with Gasteiger partial charge in [-0.25, -0.2) is 0 Å². The highest BCUT2D eigenvalue weighted by atomic mass is 19.4. The van der Waals surface area contributed by atoms with Crippen LogP contribution < -0.4 is 5.32 Å². The molecule has 0 saturated heterocycles. The average Bonchev–Trinajstić information content (AvgIpc) is 3.35. The van der Waals surface area contributed by atoms with Gasteiger partial charge in [0.2, 0.25) is 0 Å². The average molecular weight is 509 g/mol. The van der Waals surface area contributed by atoms with Crippen molar-refractivity contribution in [1.29, 1.82) is 0 Å². The fourth-order valence-electron chi connectivity index (χ4n) is 4.88. The van der Waals surface area contributed by atoms with E-state index in [0.29, 0.717) is 18.4 Å². The van der Waals surface area contributed by atoms with Gasteiger partial charge in [0, 0.05) is 22.7 Å². The van der Waals surface area contributed by atoms with Crippen molar-refractivity contribution in [3.63, 3.8) is 0 Å². The van der Waals surface area contributed by atoms with Gasteiger partial charge >= 0.3 is 6.18 Å². The molecule has 4 aromatic carbocycles. The molecule has 1 N–H and O–H groups in total. The number of rotatable bonds is 6. The molecule has 2 aromatic heterocycles. The standard InChI is InChI=1S/C32H23F3N2O/c33-32(34,35)28-14-7-13-27-30(24(19-37-31(27)28)16-21-8-2-1-3-9-21)23-11-6-12-25(17-23)36-20-26-18-22-10-4-5-15-29(22)38-26/h1-15,17-19,36H,16,20H2. The van der Waals surface area contributed by atoms with E-state index in [2.05, 4.69) is 10.3 Å². The van der Waals surface area contributed by atoms with Crippen molar-refractivity contribution < 1.29 is 17.6 Å². The number of para-hydroxylation sites is 2. The van der Waals surface area contributed by atoms with Crippen LogP contribution in [0.3, 0.4) is 0 Å². The molecule has 0 fully saturated rings. The lowest BCUT2D eigenvalue weighted by Gasteiger charge is -2.17. The normalized spacial score (nSPS) is 11.8. The maximum atomic E-state index is 13.8. The zero-order valence-electron chi connectivity index (χ0n) is 20.3. The highest BCUT2D eigenvalue weighted by Gasteiger charge is 2.33. The SMILES string of the molecule is FC(F)(F)c1cccc2c(-c3cccc(NCc4cc5ccccc5o4)c3)c(Cc3ccccc3)cnc12. The molecule has 6 heteroatoms. The summed E-state index contributed by atoms with van der Waals surface area (Å²) in [5.74, 6) is 0.797. The summed E-state index contributed by atoms with van der Waals surface area (Å²) in [5, 5.41) is 4.90. The maximum Gasteiger partial charge on any atom is 0.418 e. The minimum Gasteiger partial charge on any atom is -0.459 e. The summed E-state index contributed by atoms with van der Waals surface area (Å²) in [7, 11) is 0. The summed E-state index contributed by atoms with van der Waals surface area (Å²) in [6, 6.07) is 31.7. The molecule has 6 rings (SSSR count). The van der Waals surface area contributed by atoms with Crippen LogP contribution in [-0.2, 0) is 19.1 Å². The monoisotopic (exact) mass is 508 g/mol. The summed E-state index contributed by atoms with van der Waals surface area (Å²) < 4.78 is 47.4. The van der Waals surface area contributed by atoms with Crippen LogP contribution in [0.15, 0.2) is 114 Å². The van der Waals surface area contributed by atoms with Gasteiger partial charge in [-0.15, -0.1) is 0 Å². The highest BCUT2D eigenvalue weighted by molar-refractivity contribution is 5.98. The summed E-state index contributed by atoms with van der Waals surface area (Å²) in [5.41, 5.74) is 4.36. The van der Waals surface area contributed by atoms with E-state index in [1.54, 1.807) is 12.3 Å². The Bertz CT molecular complexity index is 1710. The third-order valence-corrected chi connectivity index (χ3v) is 6.61. The third-order valence-electron chi connectivity index (χ3n) is 6.61. The fraction of sp³-hybridized carbons (Fsp3) is 0.0938. The van der Waals surface area contributed by atoms with Crippen LogP contribution in [0.1, 0.15) is 22.5 Å². The van der Waals surface area contributed by atoms with Gasteiger partial charge in [-0.2, -0.15) is 13.2 Å². The first-order valence-electron chi connectivity index (χ1n) is 12.3. The highest BCUT2D eigenvalue weighted by Crippen LogP contribution is 2.39. The first-order chi connectivity index (χ1) is 18.5. The van der Waals surface area contributed by atoms with Crippen molar-refractivity contribution in [2.75, 3.05) is 5.32 Å². The van der Waals surface area contributed by atoms with E-state index in [1.165, 1.54) is 6.07 Å². The first-order valence-corrected chi connectivity index (χ1v) is 12.3. The van der Waals surface area contributed by atoms with Crippen LogP contribution in [0.4, 0.5) is 18.9 Å². The van der Waals surface area contributed by atoms with E-state index >= 15 is 0 Å². The molecule has 0 atom stereocenters. The number of nitrogens with zero attached hydrogens (tertiary/aromatic N) is 1. The van der Waals surface area contributed by atoms with Gasteiger partial charge < -0.3 is 9.73 Å². The molecule has 0 amide bonds. The number of fused-ring (bicyclic) bond motifs is 2. The minimum atomic E-state index is -4.50. The molecule has 188 valence electrons. The number of pyridine rings is 1. The molecule has 0 bridgehead atoms. The Labute approximate surface area is 217 Å². The lowest BCUT2D eigenvalue weighted by molar-refractivity contribution is -0.136. The second-order valence-electron chi connectivity index (χ2n) is 9.21. The minimum absolute atomic E-state index is 0.0487. The number of furan rings is 1. The molecule has 0 saturated carbocycles. The fourth-order valence-corrected chi connectivity index (χ4v) is 4.88. The summed E-state index contributed by atoms with van der Waals surface area (Å²) >= 11 is 0. The number of nitrogens with one attached hydrogen (secondary N) is 1. The summed E-state index contributed by atoms with van der Waals surface area (Å²) in [6.07, 6.45) is -2.37. The number of hydrogen-bond donors (Lipinski definition) is 1. The number of benzene rings is 4. The molecule has 3 nitrogen and oxygen atoms in total. The summed E-state index contributed by atoms with van der Waals surface area (Å²) in [4.78, 5) is 4.30. The zero-order valence-corrected chi connectivity index (χ0v) is 20.3. The van der Waals surface area contributed by atoms with Gasteiger partial charge in [-0.05, 0) is 59.0 Å². The van der Waals surface area contributed by atoms with Crippen molar-refractivity contribution in [2.24, 2.45) is 0 Å². The molecule has 6 aromatic rings. The van der Waals surface area contributed by atoms with E-state index in [1.807, 2.05) is 84.9 Å². The Kier molecular flexibility index (Phi) is 6.08. The van der Waals surface area contributed by atoms with Crippen molar-refractivity contribution in [3.8, 4) is 11.1 Å². The van der Waals surface area contributed by atoms with Gasteiger partial charge in [0.1, 0.15) is 11.3 Å². The van der Waals surface area contributed by atoms with Gasteiger partial charge in [0.25, 0.3) is 0 Å². The smallest absolute Gasteiger partial charge is 0.418 e. The maximum absolute atomic E-state index is 13.8. The second kappa shape index (κ2) is 9.71. The molecule has 0 radical (unpaired) electrons. The van der Waals surface area contributed by atoms with E-state index in [4.69, 9.17) is 4.42 Å². The Morgan fingerprint density at radius 3 is 2.39 bits per heavy atom. The lowest BCUT2D eigenvalue weighted by Crippen LogP contribution is -2.07. The van der Waals surface area contributed by atoms with Crippen LogP contribution in [0.5, 0.6) is 0 Å². The molecule has 0 aliphatic carbocycles. The molecule has 0 unspecified atom stereocenters. The van der Waals surface area contributed by atoms with Crippen LogP contribution in [0.25, 0.3) is 33.0 Å². The van der Waals surface area contributed by atoms with Crippen molar-refractivity contribution in [1.82, 2.24) is 4.98 Å². The Morgan fingerprint density at radius 1 is 0.789 bits per heavy atom. The van der Waals surface area contributed by atoms with Crippen molar-refractivity contribution in [2.45, 2.75) is 19.1 Å². The van der Waals surface area contributed by atoms with E-state index in [-0.39, 0.29) is 5.52 Å². The molecular weight excluding hydrogens is 485 g/mol. The molecule has 0 aliphatic rings. The molecule has 2 heterocycles. The van der Waals surface area contributed by atoms with E-state index < -0.39 is 11.7 Å². The van der Waals surface area contributed by atoms with Gasteiger partial charge in [-0.3, -0.25) is 4.98 Å². The molecule has 0 aliphatic heterocycles. The van der Waals surface area contributed by atoms with Crippen LogP contribution in [0.2, 0.25) is 0 Å². The topological polar surface area (TPSA) is 38.1 Å². The summed E-state index contributed by atoms with van der Waals surface area (Å²) in [6.45, 7) is 0.477. The van der Waals surface area contributed by atoms with Gasteiger partial charge in [0.15, 0.2) is 0 Å². The molecule has 0 spiro atoms. The number of halogens is 3. The predicted molar refractivity (Wildman–Crippen MR) is 145 cm³/mol. The van der Waals surface area contributed by atoms with Gasteiger partial charge in [-0.1, -0.05) is 72.8 Å². The Hall–Kier alpha value is -4.58. The van der Waals surface area contributed by atoms with E-state index in [0.717, 1.165) is 50.7 Å². The van der Waals surface area contributed by atoms with E-state index in [9.17, 15) is 13.2 Å². The zero-order chi connectivity index (χ0) is 26.1. The Morgan fingerprint density at radius 2 is 1.58 bits per heavy atom. The molecular formula is C32H23F3N2O. The van der Waals surface area contributed by atoms with Crippen molar-refractivity contribution in [3.05, 3.63) is 132 Å². The second-order valence-corrected chi connectivity index (χ2v) is 9.21. The number of alkyl halides is 3. The largest absolute Gasteiger partial charge is 0.459 e. The van der Waals surface area contributed by atoms with Gasteiger partial charge in [0.05, 0.1) is 17.6 Å². The number of hydrogen-bond acceptors (Lipinski definition) is 3. The van der Waals surface area contributed by atoms with Crippen molar-refractivity contribution >= 4 is 27.6 Å². The quantitative estimate of drug-likeness (QED) is 0.244. The molecule has 38 heavy (non-hydrogen) atoms. The first kappa shape index (κ1) is 23.8. The number of aromatic nitrogens is 1. The Balaban J connectivity index is 1.42. The van der Waals surface area contributed by atoms with Crippen LogP contribution in [0, 0.1) is 0 Å².